The van der Waals surface area contributed by atoms with Crippen molar-refractivity contribution in [2.75, 3.05) is 0 Å². The third kappa shape index (κ3) is 4.18. The molecule has 42 heavy (non-hydrogen) atoms. The Morgan fingerprint density at radius 1 is 0.476 bits per heavy atom. The first kappa shape index (κ1) is 25.8. The maximum atomic E-state index is 6.33. The van der Waals surface area contributed by atoms with Crippen LogP contribution in [0.2, 0.25) is 0 Å². The predicted octanol–water partition coefficient (Wildman–Crippen LogP) is 7.09. The van der Waals surface area contributed by atoms with Crippen LogP contribution in [-0.4, -0.2) is 12.6 Å². The SMILES string of the molecule is Cc1c([Si](c2ccccc2)(c2ccccc2)c2ccccc2)c(-c2ccco2)n(-c2ccccc2)c1-c1ccccc1. The first-order valence-electron chi connectivity index (χ1n) is 14.4. The maximum Gasteiger partial charge on any atom is 0.182 e. The molecular weight excluding hydrogens is 527 g/mol. The van der Waals surface area contributed by atoms with Crippen molar-refractivity contribution in [3.63, 3.8) is 0 Å². The average Bonchev–Trinajstić information content (AvgIpc) is 3.71. The summed E-state index contributed by atoms with van der Waals surface area (Å²) in [6.07, 6.45) is 1.79. The molecule has 0 spiro atoms. The van der Waals surface area contributed by atoms with E-state index in [9.17, 15) is 0 Å². The molecule has 2 aromatic heterocycles. The first-order chi connectivity index (χ1) is 20.8. The van der Waals surface area contributed by atoms with Gasteiger partial charge in [0.2, 0.25) is 0 Å². The molecule has 0 aliphatic heterocycles. The third-order valence-electron chi connectivity index (χ3n) is 8.23. The molecular formula is C39H31NOSi. The lowest BCUT2D eigenvalue weighted by Crippen LogP contribution is -2.75. The summed E-state index contributed by atoms with van der Waals surface area (Å²) in [5.41, 5.74) is 5.83. The minimum Gasteiger partial charge on any atom is -0.463 e. The molecule has 7 rings (SSSR count). The second-order valence-electron chi connectivity index (χ2n) is 10.6. The maximum absolute atomic E-state index is 6.33. The van der Waals surface area contributed by atoms with E-state index in [1.165, 1.54) is 37.6 Å². The summed E-state index contributed by atoms with van der Waals surface area (Å²) >= 11 is 0. The molecule has 0 atom stereocenters. The standard InChI is InChI=1S/C39H31NOSi/c1-30-37(31-18-7-2-8-19-31)40(32-20-9-3-10-21-32)38(36-28-17-29-41-36)39(30)42(33-22-11-4-12-23-33,34-24-13-5-14-25-34)35-26-15-6-16-27-35/h2-29H,1H3. The highest BCUT2D eigenvalue weighted by atomic mass is 28.3. The van der Waals surface area contributed by atoms with Crippen LogP contribution in [0.3, 0.4) is 0 Å². The summed E-state index contributed by atoms with van der Waals surface area (Å²) in [7, 11) is -2.90. The number of aromatic nitrogens is 1. The van der Waals surface area contributed by atoms with Gasteiger partial charge in [0, 0.05) is 5.69 Å². The van der Waals surface area contributed by atoms with Crippen LogP contribution >= 0.6 is 0 Å². The Hall–Kier alpha value is -5.12. The molecule has 3 heteroatoms. The van der Waals surface area contributed by atoms with E-state index in [-0.39, 0.29) is 0 Å². The number of benzene rings is 5. The smallest absolute Gasteiger partial charge is 0.182 e. The van der Waals surface area contributed by atoms with Crippen molar-refractivity contribution in [2.24, 2.45) is 0 Å². The van der Waals surface area contributed by atoms with Gasteiger partial charge in [-0.25, -0.2) is 0 Å². The van der Waals surface area contributed by atoms with Crippen molar-refractivity contribution in [2.45, 2.75) is 6.92 Å². The van der Waals surface area contributed by atoms with Gasteiger partial charge in [-0.3, -0.25) is 0 Å². The van der Waals surface area contributed by atoms with E-state index < -0.39 is 8.07 Å². The fraction of sp³-hybridized carbons (Fsp3) is 0.0256. The lowest BCUT2D eigenvalue weighted by molar-refractivity contribution is 0.579. The monoisotopic (exact) mass is 557 g/mol. The molecule has 2 nitrogen and oxygen atoms in total. The Morgan fingerprint density at radius 2 is 0.929 bits per heavy atom. The van der Waals surface area contributed by atoms with Crippen LogP contribution in [0.5, 0.6) is 0 Å². The zero-order valence-electron chi connectivity index (χ0n) is 23.5. The molecule has 0 unspecified atom stereocenters. The summed E-state index contributed by atoms with van der Waals surface area (Å²) in [5.74, 6) is 0.860. The van der Waals surface area contributed by atoms with Crippen LogP contribution in [0.1, 0.15) is 5.56 Å². The molecule has 0 aliphatic rings. The average molecular weight is 558 g/mol. The van der Waals surface area contributed by atoms with Gasteiger partial charge >= 0.3 is 0 Å². The zero-order valence-corrected chi connectivity index (χ0v) is 24.5. The number of para-hydroxylation sites is 1. The molecule has 0 aliphatic carbocycles. The van der Waals surface area contributed by atoms with Crippen LogP contribution in [0, 0.1) is 6.92 Å². The van der Waals surface area contributed by atoms with Gasteiger partial charge in [0.05, 0.1) is 17.7 Å². The second kappa shape index (κ2) is 11.0. The minimum atomic E-state index is -2.90. The summed E-state index contributed by atoms with van der Waals surface area (Å²) in [4.78, 5) is 0. The molecule has 0 saturated carbocycles. The molecule has 0 radical (unpaired) electrons. The topological polar surface area (TPSA) is 18.1 Å². The van der Waals surface area contributed by atoms with E-state index in [0.717, 1.165) is 17.1 Å². The Morgan fingerprint density at radius 3 is 1.38 bits per heavy atom. The predicted molar refractivity (Wildman–Crippen MR) is 177 cm³/mol. The molecule has 0 bridgehead atoms. The van der Waals surface area contributed by atoms with Crippen LogP contribution in [0.15, 0.2) is 174 Å². The van der Waals surface area contributed by atoms with Crippen molar-refractivity contribution in [1.82, 2.24) is 4.57 Å². The Bertz CT molecular complexity index is 1800. The largest absolute Gasteiger partial charge is 0.463 e. The number of hydrogen-bond acceptors (Lipinski definition) is 1. The van der Waals surface area contributed by atoms with Gasteiger partial charge < -0.3 is 8.98 Å². The Kier molecular flexibility index (Phi) is 6.79. The van der Waals surface area contributed by atoms with Crippen molar-refractivity contribution >= 4 is 28.8 Å². The summed E-state index contributed by atoms with van der Waals surface area (Å²) in [5, 5.41) is 5.35. The van der Waals surface area contributed by atoms with Crippen LogP contribution < -0.4 is 20.7 Å². The summed E-state index contributed by atoms with van der Waals surface area (Å²) in [6.45, 7) is 2.31. The highest BCUT2D eigenvalue weighted by molar-refractivity contribution is 7.20. The van der Waals surface area contributed by atoms with Gasteiger partial charge in [-0.2, -0.15) is 0 Å². The number of hydrogen-bond donors (Lipinski definition) is 0. The minimum absolute atomic E-state index is 0.860. The molecule has 5 aromatic carbocycles. The number of nitrogens with zero attached hydrogens (tertiary/aromatic N) is 1. The van der Waals surface area contributed by atoms with Gasteiger partial charge in [0.1, 0.15) is 0 Å². The lowest BCUT2D eigenvalue weighted by Gasteiger charge is -2.35. The van der Waals surface area contributed by atoms with Crippen LogP contribution in [-0.2, 0) is 0 Å². The molecule has 0 fully saturated rings. The van der Waals surface area contributed by atoms with Gasteiger partial charge in [-0.05, 0) is 63.1 Å². The first-order valence-corrected chi connectivity index (χ1v) is 16.4. The van der Waals surface area contributed by atoms with Crippen molar-refractivity contribution in [3.8, 4) is 28.4 Å². The second-order valence-corrected chi connectivity index (χ2v) is 14.3. The quantitative estimate of drug-likeness (QED) is 0.151. The highest BCUT2D eigenvalue weighted by Gasteiger charge is 2.47. The highest BCUT2D eigenvalue weighted by Crippen LogP contribution is 2.36. The Balaban J connectivity index is 1.75. The number of rotatable bonds is 7. The van der Waals surface area contributed by atoms with E-state index in [4.69, 9.17) is 4.42 Å². The zero-order chi connectivity index (χ0) is 28.4. The fourth-order valence-electron chi connectivity index (χ4n) is 6.57. The van der Waals surface area contributed by atoms with E-state index in [1.807, 2.05) is 6.07 Å². The van der Waals surface area contributed by atoms with E-state index in [2.05, 4.69) is 169 Å². The third-order valence-corrected chi connectivity index (χ3v) is 13.2. The summed E-state index contributed by atoms with van der Waals surface area (Å²) < 4.78 is 8.76. The van der Waals surface area contributed by atoms with Crippen LogP contribution in [0.25, 0.3) is 28.4 Å². The molecule has 2 heterocycles. The molecule has 0 saturated heterocycles. The van der Waals surface area contributed by atoms with Crippen molar-refractivity contribution in [3.05, 3.63) is 176 Å². The van der Waals surface area contributed by atoms with Gasteiger partial charge in [-0.15, -0.1) is 0 Å². The van der Waals surface area contributed by atoms with E-state index >= 15 is 0 Å². The van der Waals surface area contributed by atoms with E-state index in [1.54, 1.807) is 6.26 Å². The van der Waals surface area contributed by atoms with Gasteiger partial charge in [0.15, 0.2) is 13.8 Å². The fourth-order valence-corrected chi connectivity index (χ4v) is 11.8. The van der Waals surface area contributed by atoms with Crippen molar-refractivity contribution < 1.29 is 4.42 Å². The number of furan rings is 1. The van der Waals surface area contributed by atoms with Gasteiger partial charge in [-0.1, -0.05) is 140 Å². The van der Waals surface area contributed by atoms with Crippen molar-refractivity contribution in [1.29, 1.82) is 0 Å². The van der Waals surface area contributed by atoms with Crippen LogP contribution in [0.4, 0.5) is 0 Å². The molecule has 7 aromatic rings. The molecule has 0 N–H and O–H groups in total. The normalized spacial score (nSPS) is 11.5. The molecule has 202 valence electrons. The van der Waals surface area contributed by atoms with Gasteiger partial charge in [0.25, 0.3) is 0 Å². The lowest BCUT2D eigenvalue weighted by atomic mass is 10.1. The Labute approximate surface area is 248 Å². The summed E-state index contributed by atoms with van der Waals surface area (Å²) in [6, 6.07) is 58.9. The van der Waals surface area contributed by atoms with E-state index in [0.29, 0.717) is 0 Å². The molecule has 0 amide bonds.